The molecule has 0 radical (unpaired) electrons. The number of rotatable bonds is 4. The third-order valence-electron chi connectivity index (χ3n) is 3.43. The number of benzene rings is 1. The molecule has 0 saturated carbocycles. The molecule has 1 unspecified atom stereocenters. The molecule has 0 fully saturated rings. The third-order valence-corrected chi connectivity index (χ3v) is 3.43. The van der Waals surface area contributed by atoms with Gasteiger partial charge in [0.1, 0.15) is 17.7 Å². The Labute approximate surface area is 123 Å². The molecule has 5 nitrogen and oxygen atoms in total. The quantitative estimate of drug-likeness (QED) is 0.933. The molecule has 0 saturated heterocycles. The first-order chi connectivity index (χ1) is 9.92. The smallest absolute Gasteiger partial charge is 0.253 e. The molecule has 112 valence electrons. The number of methoxy groups -OCH3 is 1. The summed E-state index contributed by atoms with van der Waals surface area (Å²) in [5, 5.41) is 10.5. The number of hydrogen-bond donors (Lipinski definition) is 1. The Balaban J connectivity index is 2.37. The molecule has 2 rings (SSSR count). The van der Waals surface area contributed by atoms with Crippen molar-refractivity contribution in [1.29, 1.82) is 0 Å². The first kappa shape index (κ1) is 15.3. The van der Waals surface area contributed by atoms with Crippen molar-refractivity contribution in [2.75, 3.05) is 7.11 Å². The van der Waals surface area contributed by atoms with Crippen LogP contribution in [0, 0.1) is 20.8 Å². The minimum atomic E-state index is -0.833. The standard InChI is InChI=1S/C16H20N2O3/c1-10-5-6-15(21-4)13(7-10)14(19)9-18-12(3)17-11(2)8-16(18)20/h5-8,14,19H,9H2,1-4H3. The zero-order chi connectivity index (χ0) is 15.6. The Bertz CT molecular complexity index is 707. The van der Waals surface area contributed by atoms with Gasteiger partial charge in [-0.2, -0.15) is 0 Å². The van der Waals surface area contributed by atoms with Crippen LogP contribution in [0.2, 0.25) is 0 Å². The predicted octanol–water partition coefficient (Wildman–Crippen LogP) is 1.91. The molecule has 1 aromatic carbocycles. The van der Waals surface area contributed by atoms with Gasteiger partial charge in [0.15, 0.2) is 0 Å². The van der Waals surface area contributed by atoms with E-state index in [9.17, 15) is 9.90 Å². The van der Waals surface area contributed by atoms with Crippen LogP contribution >= 0.6 is 0 Å². The van der Waals surface area contributed by atoms with Crippen molar-refractivity contribution in [2.24, 2.45) is 0 Å². The van der Waals surface area contributed by atoms with E-state index in [2.05, 4.69) is 4.98 Å². The van der Waals surface area contributed by atoms with Crippen LogP contribution in [0.5, 0.6) is 5.75 Å². The van der Waals surface area contributed by atoms with E-state index in [1.165, 1.54) is 10.6 Å². The van der Waals surface area contributed by atoms with Gasteiger partial charge in [0.25, 0.3) is 5.56 Å². The van der Waals surface area contributed by atoms with E-state index in [0.717, 1.165) is 5.56 Å². The molecule has 1 atom stereocenters. The van der Waals surface area contributed by atoms with Crippen molar-refractivity contribution in [3.05, 3.63) is 57.3 Å². The molecular weight excluding hydrogens is 268 g/mol. The average molecular weight is 288 g/mol. The number of ether oxygens (including phenoxy) is 1. The third kappa shape index (κ3) is 3.31. The monoisotopic (exact) mass is 288 g/mol. The molecular formula is C16H20N2O3. The lowest BCUT2D eigenvalue weighted by atomic mass is 10.0. The number of aromatic nitrogens is 2. The van der Waals surface area contributed by atoms with Crippen molar-refractivity contribution in [3.8, 4) is 5.75 Å². The Kier molecular flexibility index (Phi) is 4.43. The van der Waals surface area contributed by atoms with Crippen molar-refractivity contribution in [3.63, 3.8) is 0 Å². The van der Waals surface area contributed by atoms with Crippen molar-refractivity contribution >= 4 is 0 Å². The topological polar surface area (TPSA) is 64.3 Å². The molecule has 0 spiro atoms. The Hall–Kier alpha value is -2.14. The summed E-state index contributed by atoms with van der Waals surface area (Å²) in [6.45, 7) is 5.63. The summed E-state index contributed by atoms with van der Waals surface area (Å²) < 4.78 is 6.75. The first-order valence-corrected chi connectivity index (χ1v) is 6.80. The van der Waals surface area contributed by atoms with Gasteiger partial charge in [-0.3, -0.25) is 9.36 Å². The second-order valence-corrected chi connectivity index (χ2v) is 5.15. The maximum Gasteiger partial charge on any atom is 0.253 e. The van der Waals surface area contributed by atoms with E-state index in [1.807, 2.05) is 25.1 Å². The normalized spacial score (nSPS) is 12.2. The summed E-state index contributed by atoms with van der Waals surface area (Å²) in [5.41, 5.74) is 2.21. The van der Waals surface area contributed by atoms with E-state index < -0.39 is 6.10 Å². The van der Waals surface area contributed by atoms with Gasteiger partial charge in [-0.25, -0.2) is 4.98 Å². The Morgan fingerprint density at radius 2 is 2.00 bits per heavy atom. The van der Waals surface area contributed by atoms with Gasteiger partial charge in [-0.15, -0.1) is 0 Å². The molecule has 21 heavy (non-hydrogen) atoms. The van der Waals surface area contributed by atoms with Crippen LogP contribution in [0.1, 0.15) is 28.7 Å². The fourth-order valence-corrected chi connectivity index (χ4v) is 2.37. The lowest BCUT2D eigenvalue weighted by Crippen LogP contribution is -2.26. The highest BCUT2D eigenvalue weighted by Gasteiger charge is 2.16. The van der Waals surface area contributed by atoms with Crippen molar-refractivity contribution in [1.82, 2.24) is 9.55 Å². The van der Waals surface area contributed by atoms with Gasteiger partial charge >= 0.3 is 0 Å². The molecule has 0 bridgehead atoms. The van der Waals surface area contributed by atoms with Crippen LogP contribution in [0.15, 0.2) is 29.1 Å². The molecule has 0 amide bonds. The average Bonchev–Trinajstić information content (AvgIpc) is 2.42. The van der Waals surface area contributed by atoms with Crippen LogP contribution in [0.3, 0.4) is 0 Å². The van der Waals surface area contributed by atoms with E-state index in [0.29, 0.717) is 22.8 Å². The summed E-state index contributed by atoms with van der Waals surface area (Å²) in [5.74, 6) is 1.20. The molecule has 0 aliphatic carbocycles. The highest BCUT2D eigenvalue weighted by Crippen LogP contribution is 2.27. The van der Waals surface area contributed by atoms with Crippen LogP contribution < -0.4 is 10.3 Å². The molecule has 0 aliphatic rings. The highest BCUT2D eigenvalue weighted by molar-refractivity contribution is 5.38. The van der Waals surface area contributed by atoms with Crippen LogP contribution in [0.25, 0.3) is 0 Å². The maximum absolute atomic E-state index is 12.0. The van der Waals surface area contributed by atoms with Crippen LogP contribution in [-0.4, -0.2) is 21.8 Å². The summed E-state index contributed by atoms with van der Waals surface area (Å²) >= 11 is 0. The Morgan fingerprint density at radius 1 is 1.29 bits per heavy atom. The zero-order valence-electron chi connectivity index (χ0n) is 12.8. The van der Waals surface area contributed by atoms with E-state index in [-0.39, 0.29) is 12.1 Å². The second-order valence-electron chi connectivity index (χ2n) is 5.15. The zero-order valence-corrected chi connectivity index (χ0v) is 12.8. The molecule has 2 aromatic rings. The lowest BCUT2D eigenvalue weighted by Gasteiger charge is -2.18. The molecule has 5 heteroatoms. The van der Waals surface area contributed by atoms with Gasteiger partial charge in [0.2, 0.25) is 0 Å². The van der Waals surface area contributed by atoms with Crippen LogP contribution in [-0.2, 0) is 6.54 Å². The largest absolute Gasteiger partial charge is 0.496 e. The van der Waals surface area contributed by atoms with Crippen molar-refractivity contribution in [2.45, 2.75) is 33.4 Å². The molecule has 1 heterocycles. The SMILES string of the molecule is COc1ccc(C)cc1C(O)Cn1c(C)nc(C)cc1=O. The minimum absolute atomic E-state index is 0.151. The number of aliphatic hydroxyl groups is 1. The number of nitrogens with zero attached hydrogens (tertiary/aromatic N) is 2. The highest BCUT2D eigenvalue weighted by atomic mass is 16.5. The van der Waals surface area contributed by atoms with Gasteiger partial charge < -0.3 is 9.84 Å². The lowest BCUT2D eigenvalue weighted by molar-refractivity contribution is 0.149. The maximum atomic E-state index is 12.0. The fourth-order valence-electron chi connectivity index (χ4n) is 2.37. The minimum Gasteiger partial charge on any atom is -0.496 e. The Morgan fingerprint density at radius 3 is 2.62 bits per heavy atom. The fraction of sp³-hybridized carbons (Fsp3) is 0.375. The van der Waals surface area contributed by atoms with Gasteiger partial charge in [-0.1, -0.05) is 11.6 Å². The summed E-state index contributed by atoms with van der Waals surface area (Å²) in [6.07, 6.45) is -0.833. The number of hydrogen-bond acceptors (Lipinski definition) is 4. The van der Waals surface area contributed by atoms with Gasteiger partial charge in [0.05, 0.1) is 13.7 Å². The van der Waals surface area contributed by atoms with Gasteiger partial charge in [0, 0.05) is 17.3 Å². The molecule has 0 aliphatic heterocycles. The van der Waals surface area contributed by atoms with Crippen LogP contribution in [0.4, 0.5) is 0 Å². The predicted molar refractivity (Wildman–Crippen MR) is 80.7 cm³/mol. The second kappa shape index (κ2) is 6.10. The molecule has 1 aromatic heterocycles. The first-order valence-electron chi connectivity index (χ1n) is 6.80. The van der Waals surface area contributed by atoms with E-state index in [1.54, 1.807) is 21.0 Å². The van der Waals surface area contributed by atoms with Gasteiger partial charge in [-0.05, 0) is 32.9 Å². The molecule has 1 N–H and O–H groups in total. The number of aryl methyl sites for hydroxylation is 3. The van der Waals surface area contributed by atoms with Crippen molar-refractivity contribution < 1.29 is 9.84 Å². The van der Waals surface area contributed by atoms with E-state index >= 15 is 0 Å². The summed E-state index contributed by atoms with van der Waals surface area (Å²) in [6, 6.07) is 7.06. The number of aliphatic hydroxyl groups excluding tert-OH is 1. The van der Waals surface area contributed by atoms with E-state index in [4.69, 9.17) is 4.74 Å². The summed E-state index contributed by atoms with van der Waals surface area (Å²) in [7, 11) is 1.56. The summed E-state index contributed by atoms with van der Waals surface area (Å²) in [4.78, 5) is 16.3.